The van der Waals surface area contributed by atoms with E-state index in [2.05, 4.69) is 43.7 Å². The van der Waals surface area contributed by atoms with E-state index >= 15 is 0 Å². The first-order valence-corrected chi connectivity index (χ1v) is 6.90. The Kier molecular flexibility index (Phi) is 3.44. The van der Waals surface area contributed by atoms with Crippen LogP contribution in [0.4, 0.5) is 0 Å². The second-order valence-corrected chi connectivity index (χ2v) is 6.33. The van der Waals surface area contributed by atoms with Gasteiger partial charge in [-0.05, 0) is 49.4 Å². The molecule has 2 aromatic rings. The molecule has 1 unspecified atom stereocenters. The summed E-state index contributed by atoms with van der Waals surface area (Å²) in [6.45, 7) is 6.43. The van der Waals surface area contributed by atoms with E-state index in [0.29, 0.717) is 0 Å². The molecule has 86 valence electrons. The molecule has 3 N–H and O–H groups in total. The normalized spacial score (nSPS) is 13.0. The van der Waals surface area contributed by atoms with E-state index < -0.39 is 0 Å². The van der Waals surface area contributed by atoms with Crippen molar-refractivity contribution in [3.8, 4) is 0 Å². The van der Waals surface area contributed by atoms with Crippen LogP contribution in [0.1, 0.15) is 31.8 Å². The zero-order chi connectivity index (χ0) is 11.7. The van der Waals surface area contributed by atoms with Gasteiger partial charge in [0.15, 0.2) is 0 Å². The van der Waals surface area contributed by atoms with Crippen molar-refractivity contribution in [2.45, 2.75) is 26.8 Å². The summed E-state index contributed by atoms with van der Waals surface area (Å²) < 4.78 is 0. The van der Waals surface area contributed by atoms with Crippen LogP contribution < -0.4 is 11.3 Å². The molecule has 2 rings (SSSR count). The minimum Gasteiger partial charge on any atom is -0.271 e. The van der Waals surface area contributed by atoms with Gasteiger partial charge in [-0.2, -0.15) is 0 Å². The fourth-order valence-electron chi connectivity index (χ4n) is 1.76. The minimum absolute atomic E-state index is 0.128. The second kappa shape index (κ2) is 4.67. The number of hydrogen-bond acceptors (Lipinski definition) is 4. The van der Waals surface area contributed by atoms with Gasteiger partial charge in [0.2, 0.25) is 0 Å². The third-order valence-electron chi connectivity index (χ3n) is 2.85. The highest BCUT2D eigenvalue weighted by Crippen LogP contribution is 2.33. The second-order valence-electron chi connectivity index (χ2n) is 3.92. The number of thiophene rings is 2. The fourth-order valence-corrected chi connectivity index (χ4v) is 3.63. The van der Waals surface area contributed by atoms with Crippen LogP contribution in [-0.4, -0.2) is 0 Å². The summed E-state index contributed by atoms with van der Waals surface area (Å²) in [6.07, 6.45) is 0. The van der Waals surface area contributed by atoms with Crippen LogP contribution in [0.15, 0.2) is 17.5 Å². The van der Waals surface area contributed by atoms with Crippen molar-refractivity contribution in [3.63, 3.8) is 0 Å². The summed E-state index contributed by atoms with van der Waals surface area (Å²) in [5, 5.41) is 2.11. The van der Waals surface area contributed by atoms with Crippen LogP contribution in [0.25, 0.3) is 0 Å². The molecule has 0 aliphatic carbocycles. The summed E-state index contributed by atoms with van der Waals surface area (Å²) in [4.78, 5) is 3.98. The third kappa shape index (κ3) is 2.06. The first kappa shape index (κ1) is 11.8. The Balaban J connectivity index is 2.40. The van der Waals surface area contributed by atoms with Crippen LogP contribution >= 0.6 is 22.7 Å². The standard InChI is InChI=1S/C12H16N2S2/c1-7-6-11(16-8(7)2)12(14-13)10-4-5-15-9(10)3/h4-6,12,14H,13H2,1-3H3. The van der Waals surface area contributed by atoms with Gasteiger partial charge in [-0.15, -0.1) is 22.7 Å². The van der Waals surface area contributed by atoms with E-state index in [1.165, 1.54) is 25.8 Å². The van der Waals surface area contributed by atoms with Gasteiger partial charge in [0.1, 0.15) is 0 Å². The largest absolute Gasteiger partial charge is 0.271 e. The van der Waals surface area contributed by atoms with Crippen molar-refractivity contribution in [3.05, 3.63) is 43.3 Å². The zero-order valence-corrected chi connectivity index (χ0v) is 11.3. The Labute approximate surface area is 104 Å². The maximum absolute atomic E-state index is 5.69. The molecule has 0 fully saturated rings. The molecular formula is C12H16N2S2. The number of nitrogens with two attached hydrogens (primary N) is 1. The highest BCUT2D eigenvalue weighted by atomic mass is 32.1. The monoisotopic (exact) mass is 252 g/mol. The molecule has 0 aromatic carbocycles. The Morgan fingerprint density at radius 3 is 2.44 bits per heavy atom. The van der Waals surface area contributed by atoms with Crippen molar-refractivity contribution in [1.82, 2.24) is 5.43 Å². The predicted molar refractivity (Wildman–Crippen MR) is 72.0 cm³/mol. The van der Waals surface area contributed by atoms with Crippen molar-refractivity contribution in [2.24, 2.45) is 5.84 Å². The van der Waals surface area contributed by atoms with Gasteiger partial charge in [0.05, 0.1) is 6.04 Å². The number of aryl methyl sites for hydroxylation is 3. The lowest BCUT2D eigenvalue weighted by atomic mass is 10.1. The highest BCUT2D eigenvalue weighted by Gasteiger charge is 2.17. The summed E-state index contributed by atoms with van der Waals surface area (Å²) >= 11 is 3.58. The number of hydrazine groups is 1. The summed E-state index contributed by atoms with van der Waals surface area (Å²) in [7, 11) is 0. The molecule has 0 bridgehead atoms. The molecule has 0 aliphatic heterocycles. The van der Waals surface area contributed by atoms with Gasteiger partial charge in [0, 0.05) is 14.6 Å². The molecule has 2 aromatic heterocycles. The highest BCUT2D eigenvalue weighted by molar-refractivity contribution is 7.12. The Hall–Kier alpha value is -0.680. The van der Waals surface area contributed by atoms with Gasteiger partial charge in [-0.3, -0.25) is 5.84 Å². The number of hydrogen-bond donors (Lipinski definition) is 2. The van der Waals surface area contributed by atoms with Crippen LogP contribution in [-0.2, 0) is 0 Å². The third-order valence-corrected chi connectivity index (χ3v) is 4.93. The maximum atomic E-state index is 5.69. The minimum atomic E-state index is 0.128. The van der Waals surface area contributed by atoms with Crippen molar-refractivity contribution in [1.29, 1.82) is 0 Å². The van der Waals surface area contributed by atoms with Gasteiger partial charge < -0.3 is 0 Å². The number of rotatable bonds is 3. The smallest absolute Gasteiger partial charge is 0.0813 e. The molecule has 2 heterocycles. The molecule has 4 heteroatoms. The first-order chi connectivity index (χ1) is 7.63. The van der Waals surface area contributed by atoms with Gasteiger partial charge in [0.25, 0.3) is 0 Å². The molecule has 0 amide bonds. The molecule has 16 heavy (non-hydrogen) atoms. The molecule has 0 aliphatic rings. The van der Waals surface area contributed by atoms with Crippen molar-refractivity contribution in [2.75, 3.05) is 0 Å². The van der Waals surface area contributed by atoms with Gasteiger partial charge in [-0.1, -0.05) is 0 Å². The number of nitrogens with one attached hydrogen (secondary N) is 1. The average molecular weight is 252 g/mol. The maximum Gasteiger partial charge on any atom is 0.0813 e. The van der Waals surface area contributed by atoms with Crippen LogP contribution in [0.5, 0.6) is 0 Å². The molecule has 0 radical (unpaired) electrons. The van der Waals surface area contributed by atoms with Gasteiger partial charge >= 0.3 is 0 Å². The van der Waals surface area contributed by atoms with Gasteiger partial charge in [-0.25, -0.2) is 5.43 Å². The molecule has 0 saturated carbocycles. The van der Waals surface area contributed by atoms with E-state index in [4.69, 9.17) is 5.84 Å². The molecular weight excluding hydrogens is 236 g/mol. The summed E-state index contributed by atoms with van der Waals surface area (Å²) in [5.74, 6) is 5.69. The van der Waals surface area contributed by atoms with Crippen molar-refractivity contribution < 1.29 is 0 Å². The molecule has 2 nitrogen and oxygen atoms in total. The first-order valence-electron chi connectivity index (χ1n) is 5.20. The van der Waals surface area contributed by atoms with E-state index in [1.807, 2.05) is 11.3 Å². The zero-order valence-electron chi connectivity index (χ0n) is 9.70. The van der Waals surface area contributed by atoms with Crippen LogP contribution in [0.2, 0.25) is 0 Å². The lowest BCUT2D eigenvalue weighted by Crippen LogP contribution is -2.28. The van der Waals surface area contributed by atoms with E-state index in [-0.39, 0.29) is 6.04 Å². The Morgan fingerprint density at radius 1 is 1.25 bits per heavy atom. The van der Waals surface area contributed by atoms with E-state index in [9.17, 15) is 0 Å². The Bertz CT molecular complexity index is 465. The lowest BCUT2D eigenvalue weighted by Gasteiger charge is -2.14. The lowest BCUT2D eigenvalue weighted by molar-refractivity contribution is 0.645. The Morgan fingerprint density at radius 2 is 2.00 bits per heavy atom. The molecule has 0 spiro atoms. The molecule has 0 saturated heterocycles. The van der Waals surface area contributed by atoms with Crippen LogP contribution in [0.3, 0.4) is 0 Å². The average Bonchev–Trinajstić information content (AvgIpc) is 2.78. The summed E-state index contributed by atoms with van der Waals surface area (Å²) in [5.41, 5.74) is 5.55. The van der Waals surface area contributed by atoms with Crippen molar-refractivity contribution >= 4 is 22.7 Å². The van der Waals surface area contributed by atoms with Crippen LogP contribution in [0, 0.1) is 20.8 Å². The predicted octanol–water partition coefficient (Wildman–Crippen LogP) is 3.29. The SMILES string of the molecule is Cc1cc(C(NN)c2ccsc2C)sc1C. The van der Waals surface area contributed by atoms with E-state index in [1.54, 1.807) is 11.3 Å². The topological polar surface area (TPSA) is 38.0 Å². The fraction of sp³-hybridized carbons (Fsp3) is 0.333. The summed E-state index contributed by atoms with van der Waals surface area (Å²) in [6, 6.07) is 4.50. The quantitative estimate of drug-likeness (QED) is 0.650. The van der Waals surface area contributed by atoms with E-state index in [0.717, 1.165) is 0 Å². The molecule has 1 atom stereocenters.